The van der Waals surface area contributed by atoms with Crippen molar-refractivity contribution in [3.8, 4) is 5.75 Å². The fourth-order valence-electron chi connectivity index (χ4n) is 2.28. The fraction of sp³-hybridized carbons (Fsp3) is 0.100. The van der Waals surface area contributed by atoms with Gasteiger partial charge in [-0.3, -0.25) is 9.59 Å². The Morgan fingerprint density at radius 3 is 2.36 bits per heavy atom. The maximum Gasteiger partial charge on any atom is 0.311 e. The summed E-state index contributed by atoms with van der Waals surface area (Å²) in [5, 5.41) is 4.66. The molecule has 0 aliphatic carbocycles. The first kappa shape index (κ1) is 16.9. The van der Waals surface area contributed by atoms with Crippen molar-refractivity contribution in [2.24, 2.45) is 0 Å². The molecule has 3 rings (SSSR count). The molecular formula is C20H17NO3S. The number of ether oxygens (including phenoxy) is 1. The highest BCUT2D eigenvalue weighted by Gasteiger charge is 2.08. The Morgan fingerprint density at radius 2 is 1.68 bits per heavy atom. The van der Waals surface area contributed by atoms with Crippen LogP contribution in [0, 0.1) is 0 Å². The zero-order valence-corrected chi connectivity index (χ0v) is 14.3. The fourth-order valence-corrected chi connectivity index (χ4v) is 2.90. The van der Waals surface area contributed by atoms with Gasteiger partial charge in [-0.1, -0.05) is 36.4 Å². The van der Waals surface area contributed by atoms with E-state index in [4.69, 9.17) is 4.74 Å². The first-order valence-corrected chi connectivity index (χ1v) is 8.78. The van der Waals surface area contributed by atoms with Crippen LogP contribution in [-0.2, 0) is 11.2 Å². The van der Waals surface area contributed by atoms with E-state index >= 15 is 0 Å². The van der Waals surface area contributed by atoms with Gasteiger partial charge >= 0.3 is 5.97 Å². The summed E-state index contributed by atoms with van der Waals surface area (Å²) in [5.41, 5.74) is 1.76. The highest BCUT2D eigenvalue weighted by molar-refractivity contribution is 7.12. The number of amides is 1. The number of hydrogen-bond acceptors (Lipinski definition) is 4. The van der Waals surface area contributed by atoms with Gasteiger partial charge in [0.15, 0.2) is 0 Å². The SMILES string of the molecule is O=C(CCc1ccccc1)Oc1ccc(NC(=O)c2cccs2)cc1. The third-order valence-electron chi connectivity index (χ3n) is 3.55. The van der Waals surface area contributed by atoms with E-state index in [1.807, 2.05) is 41.8 Å². The number of rotatable bonds is 6. The molecule has 4 nitrogen and oxygen atoms in total. The van der Waals surface area contributed by atoms with Gasteiger partial charge in [0.05, 0.1) is 4.88 Å². The molecule has 0 fully saturated rings. The molecule has 2 aromatic carbocycles. The molecule has 0 unspecified atom stereocenters. The molecule has 5 heteroatoms. The Kier molecular flexibility index (Phi) is 5.59. The molecule has 0 bridgehead atoms. The van der Waals surface area contributed by atoms with Crippen molar-refractivity contribution >= 4 is 28.9 Å². The first-order chi connectivity index (χ1) is 12.2. The number of thiophene rings is 1. The molecule has 3 aromatic rings. The summed E-state index contributed by atoms with van der Waals surface area (Å²) in [6.45, 7) is 0. The second kappa shape index (κ2) is 8.26. The van der Waals surface area contributed by atoms with Crippen LogP contribution in [0.25, 0.3) is 0 Å². The summed E-state index contributed by atoms with van der Waals surface area (Å²) < 4.78 is 5.32. The van der Waals surface area contributed by atoms with Crippen LogP contribution >= 0.6 is 11.3 Å². The van der Waals surface area contributed by atoms with E-state index in [1.54, 1.807) is 30.3 Å². The maximum absolute atomic E-state index is 12.0. The van der Waals surface area contributed by atoms with Crippen molar-refractivity contribution < 1.29 is 14.3 Å². The van der Waals surface area contributed by atoms with Crippen LogP contribution in [0.5, 0.6) is 5.75 Å². The predicted octanol–water partition coefficient (Wildman–Crippen LogP) is 4.54. The van der Waals surface area contributed by atoms with Gasteiger partial charge in [-0.2, -0.15) is 0 Å². The molecule has 0 aliphatic rings. The summed E-state index contributed by atoms with van der Waals surface area (Å²) in [4.78, 5) is 24.5. The second-order valence-corrected chi connectivity index (χ2v) is 6.36. The zero-order valence-electron chi connectivity index (χ0n) is 13.5. The molecule has 1 aromatic heterocycles. The number of carbonyl (C=O) groups excluding carboxylic acids is 2. The van der Waals surface area contributed by atoms with E-state index in [0.29, 0.717) is 29.2 Å². The number of esters is 1. The molecular weight excluding hydrogens is 334 g/mol. The zero-order chi connectivity index (χ0) is 17.5. The molecule has 0 radical (unpaired) electrons. The third kappa shape index (κ3) is 5.02. The number of nitrogens with one attached hydrogen (secondary N) is 1. The largest absolute Gasteiger partial charge is 0.427 e. The Labute approximate surface area is 150 Å². The first-order valence-electron chi connectivity index (χ1n) is 7.90. The molecule has 1 amide bonds. The number of hydrogen-bond donors (Lipinski definition) is 1. The van der Waals surface area contributed by atoms with Crippen molar-refractivity contribution in [2.75, 3.05) is 5.32 Å². The van der Waals surface area contributed by atoms with Gasteiger partial charge in [0.2, 0.25) is 0 Å². The smallest absolute Gasteiger partial charge is 0.311 e. The van der Waals surface area contributed by atoms with Crippen LogP contribution in [0.2, 0.25) is 0 Å². The number of benzene rings is 2. The van der Waals surface area contributed by atoms with E-state index in [9.17, 15) is 9.59 Å². The van der Waals surface area contributed by atoms with Crippen molar-refractivity contribution in [1.29, 1.82) is 0 Å². The van der Waals surface area contributed by atoms with E-state index < -0.39 is 0 Å². The van der Waals surface area contributed by atoms with E-state index in [1.165, 1.54) is 11.3 Å². The summed E-state index contributed by atoms with van der Waals surface area (Å²) in [6.07, 6.45) is 0.968. The van der Waals surface area contributed by atoms with Crippen LogP contribution in [-0.4, -0.2) is 11.9 Å². The minimum Gasteiger partial charge on any atom is -0.427 e. The van der Waals surface area contributed by atoms with E-state index in [-0.39, 0.29) is 11.9 Å². The standard InChI is InChI=1S/C20H17NO3S/c22-19(13-8-15-5-2-1-3-6-15)24-17-11-9-16(10-12-17)21-20(23)18-7-4-14-25-18/h1-7,9-12,14H,8,13H2,(H,21,23). The summed E-state index contributed by atoms with van der Waals surface area (Å²) >= 11 is 1.38. The lowest BCUT2D eigenvalue weighted by Crippen LogP contribution is -2.11. The summed E-state index contributed by atoms with van der Waals surface area (Å²) in [7, 11) is 0. The van der Waals surface area contributed by atoms with Gasteiger partial charge in [0.25, 0.3) is 5.91 Å². The van der Waals surface area contributed by atoms with Crippen molar-refractivity contribution in [3.63, 3.8) is 0 Å². The molecule has 126 valence electrons. The van der Waals surface area contributed by atoms with Gasteiger partial charge in [-0.25, -0.2) is 0 Å². The van der Waals surface area contributed by atoms with Gasteiger partial charge < -0.3 is 10.1 Å². The monoisotopic (exact) mass is 351 g/mol. The normalized spacial score (nSPS) is 10.2. The van der Waals surface area contributed by atoms with Gasteiger partial charge in [0.1, 0.15) is 5.75 Å². The van der Waals surface area contributed by atoms with Crippen LogP contribution in [0.15, 0.2) is 72.1 Å². The molecule has 0 aliphatic heterocycles. The Balaban J connectivity index is 1.50. The van der Waals surface area contributed by atoms with Crippen molar-refractivity contribution in [3.05, 3.63) is 82.6 Å². The van der Waals surface area contributed by atoms with Crippen molar-refractivity contribution in [2.45, 2.75) is 12.8 Å². The van der Waals surface area contributed by atoms with E-state index in [0.717, 1.165) is 5.56 Å². The molecule has 0 atom stereocenters. The van der Waals surface area contributed by atoms with Gasteiger partial charge in [-0.05, 0) is 47.7 Å². The summed E-state index contributed by atoms with van der Waals surface area (Å²) in [6, 6.07) is 20.2. The Hall–Kier alpha value is -2.92. The molecule has 0 saturated carbocycles. The average Bonchev–Trinajstić information content (AvgIpc) is 3.17. The molecule has 0 spiro atoms. The van der Waals surface area contributed by atoms with Crippen LogP contribution in [0.4, 0.5) is 5.69 Å². The maximum atomic E-state index is 12.0. The minimum absolute atomic E-state index is 0.150. The summed E-state index contributed by atoms with van der Waals surface area (Å²) in [5.74, 6) is 0.0361. The third-order valence-corrected chi connectivity index (χ3v) is 4.42. The lowest BCUT2D eigenvalue weighted by atomic mass is 10.1. The lowest BCUT2D eigenvalue weighted by Gasteiger charge is -2.07. The molecule has 25 heavy (non-hydrogen) atoms. The van der Waals surface area contributed by atoms with Crippen LogP contribution < -0.4 is 10.1 Å². The van der Waals surface area contributed by atoms with Crippen LogP contribution in [0.1, 0.15) is 21.7 Å². The number of carbonyl (C=O) groups is 2. The quantitative estimate of drug-likeness (QED) is 0.524. The van der Waals surface area contributed by atoms with E-state index in [2.05, 4.69) is 5.32 Å². The molecule has 1 N–H and O–H groups in total. The lowest BCUT2D eigenvalue weighted by molar-refractivity contribution is -0.134. The number of aryl methyl sites for hydroxylation is 1. The average molecular weight is 351 g/mol. The molecule has 1 heterocycles. The minimum atomic E-state index is -0.278. The van der Waals surface area contributed by atoms with Crippen molar-refractivity contribution in [1.82, 2.24) is 0 Å². The van der Waals surface area contributed by atoms with Gasteiger partial charge in [-0.15, -0.1) is 11.3 Å². The second-order valence-electron chi connectivity index (χ2n) is 5.42. The Morgan fingerprint density at radius 1 is 0.920 bits per heavy atom. The topological polar surface area (TPSA) is 55.4 Å². The highest BCUT2D eigenvalue weighted by Crippen LogP contribution is 2.18. The molecule has 0 saturated heterocycles. The number of anilines is 1. The van der Waals surface area contributed by atoms with Crippen LogP contribution in [0.3, 0.4) is 0 Å². The predicted molar refractivity (Wildman–Crippen MR) is 99.1 cm³/mol. The van der Waals surface area contributed by atoms with Gasteiger partial charge in [0, 0.05) is 12.1 Å². The Bertz CT molecular complexity index is 827. The highest BCUT2D eigenvalue weighted by atomic mass is 32.1.